The molecule has 0 radical (unpaired) electrons. The molecule has 5 nitrogen and oxygen atoms in total. The molecule has 2 atom stereocenters. The molecule has 3 heterocycles. The fourth-order valence-corrected chi connectivity index (χ4v) is 7.83. The van der Waals surface area contributed by atoms with E-state index in [1.807, 2.05) is 24.4 Å². The predicted octanol–water partition coefficient (Wildman–Crippen LogP) is 12.4. The van der Waals surface area contributed by atoms with Crippen molar-refractivity contribution >= 4 is 23.1 Å². The first-order valence-corrected chi connectivity index (χ1v) is 19.0. The van der Waals surface area contributed by atoms with Crippen LogP contribution in [0.5, 0.6) is 11.5 Å². The van der Waals surface area contributed by atoms with Crippen molar-refractivity contribution in [3.63, 3.8) is 0 Å². The minimum Gasteiger partial charge on any atom is -0.508 e. The second-order valence-electron chi connectivity index (χ2n) is 17.4. The zero-order valence-electron chi connectivity index (χ0n) is 33.8. The molecule has 2 aliphatic heterocycles. The molecule has 0 unspecified atom stereocenters. The van der Waals surface area contributed by atoms with Crippen molar-refractivity contribution < 1.29 is 30.5 Å². The number of rotatable bonds is 7. The summed E-state index contributed by atoms with van der Waals surface area (Å²) in [5.74, 6) is 3.16. The molecule has 6 heteroatoms. The number of aryl methyl sites for hydroxylation is 1. The van der Waals surface area contributed by atoms with Gasteiger partial charge in [-0.05, 0) is 59.9 Å². The van der Waals surface area contributed by atoms with E-state index < -0.39 is 11.1 Å². The molecule has 0 spiro atoms. The maximum Gasteiger partial charge on any atom is 2.00 e. The fraction of sp³-hybridized carbons (Fsp3) is 0.375. The molecule has 1 aromatic heterocycles. The average Bonchev–Trinajstić information content (AvgIpc) is 3.40. The van der Waals surface area contributed by atoms with Gasteiger partial charge in [0.25, 0.3) is 0 Å². The van der Waals surface area contributed by atoms with Crippen LogP contribution in [0.1, 0.15) is 121 Å². The Morgan fingerprint density at radius 1 is 0.796 bits per heavy atom. The van der Waals surface area contributed by atoms with Crippen LogP contribution in [0.2, 0.25) is 0 Å². The van der Waals surface area contributed by atoms with Crippen LogP contribution in [0.3, 0.4) is 0 Å². The smallest absolute Gasteiger partial charge is 0.508 e. The molecule has 0 saturated carbocycles. The standard InChI is InChI=1S/C48H53N3O2.Pt/c1-30(2)33-25-34(44-50-47(11,31(3)4)48(12,53-44)35-17-14-13-15-18-35)27-39(26-33)52-38-24-32(5)23-37(29-38)51-42-21-20-36(45(6,7)8)28-41(42)46(9,10)40-19-16-22-49-43(40)51;/h13-26,28,30-31H,1-12H3;/q-2;+2/t47-,48-;/m1./s1. The number of fused-ring (bicyclic) bond motifs is 2. The molecule has 0 N–H and O–H groups in total. The number of aliphatic imine (C=N–C) groups is 1. The van der Waals surface area contributed by atoms with Crippen LogP contribution >= 0.6 is 0 Å². The van der Waals surface area contributed by atoms with Crippen LogP contribution in [0.15, 0.2) is 96.1 Å². The van der Waals surface area contributed by atoms with E-state index in [1.165, 1.54) is 16.7 Å². The van der Waals surface area contributed by atoms with Gasteiger partial charge in [-0.15, -0.1) is 29.8 Å². The summed E-state index contributed by atoms with van der Waals surface area (Å²) in [6.45, 7) is 26.6. The van der Waals surface area contributed by atoms with Crippen molar-refractivity contribution in [2.24, 2.45) is 10.9 Å². The van der Waals surface area contributed by atoms with Gasteiger partial charge in [0, 0.05) is 34.4 Å². The summed E-state index contributed by atoms with van der Waals surface area (Å²) < 4.78 is 13.6. The third kappa shape index (κ3) is 6.72. The van der Waals surface area contributed by atoms with E-state index in [4.69, 9.17) is 19.5 Å². The first kappa shape index (κ1) is 39.5. The van der Waals surface area contributed by atoms with E-state index in [-0.39, 0.29) is 43.7 Å². The summed E-state index contributed by atoms with van der Waals surface area (Å²) in [5, 5.41) is 0. The number of hydrogen-bond donors (Lipinski definition) is 0. The van der Waals surface area contributed by atoms with Gasteiger partial charge < -0.3 is 14.4 Å². The van der Waals surface area contributed by atoms with E-state index in [0.717, 1.165) is 39.4 Å². The fourth-order valence-electron chi connectivity index (χ4n) is 7.83. The van der Waals surface area contributed by atoms with Gasteiger partial charge in [0.05, 0.1) is 5.54 Å². The SMILES string of the molecule is Cc1cc(Oc2[c-]c(C3=N[C@](C)(C(C)C)[C@@](C)(c4ccccc4)O3)cc(C(C)C)c2)[c-]c(N2c3ccc(C(C)(C)C)cc3C(C)(C)c3cccnc32)c1.[Pt+2]. The van der Waals surface area contributed by atoms with E-state index in [0.29, 0.717) is 17.4 Å². The maximum atomic E-state index is 6.91. The predicted molar refractivity (Wildman–Crippen MR) is 217 cm³/mol. The molecular formula is C48H53N3O2Pt. The Balaban J connectivity index is 0.00000497. The van der Waals surface area contributed by atoms with E-state index in [9.17, 15) is 0 Å². The van der Waals surface area contributed by atoms with Crippen molar-refractivity contribution in [1.29, 1.82) is 0 Å². The Hall–Kier alpha value is -4.21. The molecule has 0 fully saturated rings. The number of benzene rings is 4. The Kier molecular flexibility index (Phi) is 10.3. The summed E-state index contributed by atoms with van der Waals surface area (Å²) in [6.07, 6.45) is 1.87. The van der Waals surface area contributed by atoms with Crippen LogP contribution in [0, 0.1) is 25.0 Å². The Morgan fingerprint density at radius 3 is 2.17 bits per heavy atom. The van der Waals surface area contributed by atoms with Gasteiger partial charge in [0.1, 0.15) is 17.3 Å². The molecule has 0 amide bonds. The largest absolute Gasteiger partial charge is 2.00 e. The zero-order chi connectivity index (χ0) is 38.1. The minimum atomic E-state index is -0.656. The van der Waals surface area contributed by atoms with Crippen molar-refractivity contribution in [3.8, 4) is 11.5 Å². The van der Waals surface area contributed by atoms with Crippen LogP contribution in [-0.4, -0.2) is 16.4 Å². The second-order valence-corrected chi connectivity index (χ2v) is 17.4. The Bertz CT molecular complexity index is 2220. The first-order chi connectivity index (χ1) is 24.9. The molecule has 7 rings (SSSR count). The first-order valence-electron chi connectivity index (χ1n) is 19.0. The Morgan fingerprint density at radius 2 is 1.50 bits per heavy atom. The maximum absolute atomic E-state index is 6.91. The molecule has 54 heavy (non-hydrogen) atoms. The average molecular weight is 899 g/mol. The number of aromatic nitrogens is 1. The van der Waals surface area contributed by atoms with Crippen LogP contribution in [0.4, 0.5) is 17.2 Å². The van der Waals surface area contributed by atoms with Crippen LogP contribution in [0.25, 0.3) is 0 Å². The number of nitrogens with zero attached hydrogens (tertiary/aromatic N) is 3. The van der Waals surface area contributed by atoms with Gasteiger partial charge in [-0.3, -0.25) is 4.99 Å². The van der Waals surface area contributed by atoms with Crippen molar-refractivity contribution in [1.82, 2.24) is 4.98 Å². The van der Waals surface area contributed by atoms with Crippen molar-refractivity contribution in [3.05, 3.63) is 142 Å². The molecule has 2 aliphatic rings. The molecule has 0 saturated heterocycles. The van der Waals surface area contributed by atoms with Crippen molar-refractivity contribution in [2.75, 3.05) is 4.90 Å². The number of anilines is 3. The molecular weight excluding hydrogens is 846 g/mol. The molecule has 4 aromatic carbocycles. The summed E-state index contributed by atoms with van der Waals surface area (Å²) >= 11 is 0. The van der Waals surface area contributed by atoms with Gasteiger partial charge >= 0.3 is 21.1 Å². The van der Waals surface area contributed by atoms with Gasteiger partial charge in [-0.25, -0.2) is 4.98 Å². The number of pyridine rings is 1. The van der Waals surface area contributed by atoms with Crippen LogP contribution in [-0.2, 0) is 42.2 Å². The normalized spacial score (nSPS) is 20.2. The van der Waals surface area contributed by atoms with Crippen molar-refractivity contribution in [2.45, 2.75) is 111 Å². The topological polar surface area (TPSA) is 47.0 Å². The third-order valence-electron chi connectivity index (χ3n) is 11.7. The molecule has 0 aliphatic carbocycles. The monoisotopic (exact) mass is 898 g/mol. The van der Waals surface area contributed by atoms with Crippen LogP contribution < -0.4 is 9.64 Å². The number of ether oxygens (including phenoxy) is 2. The molecule has 5 aromatic rings. The zero-order valence-corrected chi connectivity index (χ0v) is 36.1. The molecule has 282 valence electrons. The van der Waals surface area contributed by atoms with E-state index >= 15 is 0 Å². The van der Waals surface area contributed by atoms with E-state index in [1.54, 1.807) is 0 Å². The van der Waals surface area contributed by atoms with Gasteiger partial charge in [-0.1, -0.05) is 141 Å². The van der Waals surface area contributed by atoms with Gasteiger partial charge in [0.15, 0.2) is 0 Å². The van der Waals surface area contributed by atoms with E-state index in [2.05, 4.69) is 167 Å². The number of hydrogen-bond acceptors (Lipinski definition) is 5. The summed E-state index contributed by atoms with van der Waals surface area (Å²) in [5.41, 5.74) is 8.39. The summed E-state index contributed by atoms with van der Waals surface area (Å²) in [7, 11) is 0. The summed E-state index contributed by atoms with van der Waals surface area (Å²) in [4.78, 5) is 12.5. The van der Waals surface area contributed by atoms with Gasteiger partial charge in [-0.2, -0.15) is 5.56 Å². The van der Waals surface area contributed by atoms with Gasteiger partial charge in [0.2, 0.25) is 0 Å². The quantitative estimate of drug-likeness (QED) is 0.153. The Labute approximate surface area is 337 Å². The third-order valence-corrected chi connectivity index (χ3v) is 11.7. The molecule has 0 bridgehead atoms. The minimum absolute atomic E-state index is 0. The summed E-state index contributed by atoms with van der Waals surface area (Å²) in [6, 6.07) is 37.1. The second kappa shape index (κ2) is 14.1.